The number of Topliss-reactive ketones (excluding diaryl/α,β-unsaturated/α-hetero) is 1. The summed E-state index contributed by atoms with van der Waals surface area (Å²) in [7, 11) is 0. The van der Waals surface area contributed by atoms with E-state index in [9.17, 15) is 14.4 Å². The summed E-state index contributed by atoms with van der Waals surface area (Å²) in [6, 6.07) is 11.7. The molecule has 2 aromatic carbocycles. The van der Waals surface area contributed by atoms with E-state index in [1.807, 2.05) is 6.07 Å². The number of hydrogen-bond acceptors (Lipinski definition) is 7. The van der Waals surface area contributed by atoms with Crippen LogP contribution in [0, 0.1) is 14.9 Å². The fraction of sp³-hybridized carbons (Fsp3) is 0.360. The van der Waals surface area contributed by atoms with Gasteiger partial charge >= 0.3 is 6.09 Å². The lowest BCUT2D eigenvalue weighted by molar-refractivity contribution is -0.115. The third-order valence-corrected chi connectivity index (χ3v) is 5.85. The molecule has 184 valence electrons. The number of nitrogens with one attached hydrogen (secondary N) is 2. The van der Waals surface area contributed by atoms with Gasteiger partial charge in [0.1, 0.15) is 5.60 Å². The summed E-state index contributed by atoms with van der Waals surface area (Å²) in [5, 5.41) is 14.5. The maximum absolute atomic E-state index is 12.7. The van der Waals surface area contributed by atoms with Gasteiger partial charge < -0.3 is 19.7 Å². The molecular formula is C25H27IN4O5. The second-order valence-electron chi connectivity index (χ2n) is 8.92. The second kappa shape index (κ2) is 11.5. The van der Waals surface area contributed by atoms with Crippen molar-refractivity contribution in [2.24, 2.45) is 0 Å². The van der Waals surface area contributed by atoms with E-state index in [0.29, 0.717) is 43.2 Å². The van der Waals surface area contributed by atoms with E-state index in [2.05, 4.69) is 38.1 Å². The molecule has 9 nitrogen and oxygen atoms in total. The molecule has 2 amide bonds. The van der Waals surface area contributed by atoms with E-state index < -0.39 is 29.8 Å². The lowest BCUT2D eigenvalue weighted by Gasteiger charge is -2.30. The van der Waals surface area contributed by atoms with Gasteiger partial charge in [0.05, 0.1) is 48.3 Å². The van der Waals surface area contributed by atoms with E-state index in [4.69, 9.17) is 14.7 Å². The first-order valence-electron chi connectivity index (χ1n) is 11.0. The van der Waals surface area contributed by atoms with E-state index in [1.54, 1.807) is 51.1 Å². The number of halogens is 1. The van der Waals surface area contributed by atoms with Gasteiger partial charge in [0.25, 0.3) is 0 Å². The Morgan fingerprint density at radius 1 is 1.11 bits per heavy atom. The first kappa shape index (κ1) is 26.4. The Kier molecular flexibility index (Phi) is 8.69. The molecule has 1 heterocycles. The van der Waals surface area contributed by atoms with Gasteiger partial charge in [0, 0.05) is 22.2 Å². The molecule has 1 fully saturated rings. The highest BCUT2D eigenvalue weighted by Crippen LogP contribution is 2.34. The molecule has 0 unspecified atom stereocenters. The van der Waals surface area contributed by atoms with Crippen LogP contribution in [-0.4, -0.2) is 49.7 Å². The van der Waals surface area contributed by atoms with Gasteiger partial charge in [-0.2, -0.15) is 5.26 Å². The van der Waals surface area contributed by atoms with E-state index in [0.717, 1.165) is 9.26 Å². The quantitative estimate of drug-likeness (QED) is 0.288. The SMILES string of the molecule is CC(C)(C)OC(=O)Nc1cc(N2CCOCC2)c(I)cc1NC(=O)CC(=O)c1cccc(C#N)c1. The number of amides is 2. The Morgan fingerprint density at radius 2 is 1.80 bits per heavy atom. The summed E-state index contributed by atoms with van der Waals surface area (Å²) < 4.78 is 11.7. The second-order valence-corrected chi connectivity index (χ2v) is 10.1. The van der Waals surface area contributed by atoms with Crippen LogP contribution in [0.15, 0.2) is 36.4 Å². The third kappa shape index (κ3) is 7.66. The molecular weight excluding hydrogens is 563 g/mol. The molecule has 35 heavy (non-hydrogen) atoms. The molecule has 0 saturated carbocycles. The van der Waals surface area contributed by atoms with Crippen LogP contribution in [0.2, 0.25) is 0 Å². The number of carbonyl (C=O) groups excluding carboxylic acids is 3. The van der Waals surface area contributed by atoms with Gasteiger partial charge in [-0.05, 0) is 67.6 Å². The maximum Gasteiger partial charge on any atom is 0.412 e. The number of ether oxygens (including phenoxy) is 2. The smallest absolute Gasteiger partial charge is 0.412 e. The van der Waals surface area contributed by atoms with Gasteiger partial charge in [0.15, 0.2) is 5.78 Å². The number of nitriles is 1. The number of rotatable bonds is 6. The Hall–Kier alpha value is -3.17. The topological polar surface area (TPSA) is 121 Å². The van der Waals surface area contributed by atoms with Crippen molar-refractivity contribution in [1.82, 2.24) is 0 Å². The normalized spacial score (nSPS) is 13.5. The van der Waals surface area contributed by atoms with Crippen LogP contribution in [0.4, 0.5) is 21.9 Å². The minimum Gasteiger partial charge on any atom is -0.444 e. The van der Waals surface area contributed by atoms with E-state index in [-0.39, 0.29) is 5.56 Å². The van der Waals surface area contributed by atoms with Crippen molar-refractivity contribution >= 4 is 57.4 Å². The molecule has 0 radical (unpaired) electrons. The molecule has 0 aromatic heterocycles. The van der Waals surface area contributed by atoms with E-state index in [1.165, 1.54) is 6.07 Å². The zero-order valence-electron chi connectivity index (χ0n) is 19.8. The van der Waals surface area contributed by atoms with Crippen molar-refractivity contribution in [3.8, 4) is 6.07 Å². The Balaban J connectivity index is 1.83. The molecule has 0 bridgehead atoms. The number of benzene rings is 2. The predicted octanol–water partition coefficient (Wildman–Crippen LogP) is 4.56. The van der Waals surface area contributed by atoms with Gasteiger partial charge in [-0.15, -0.1) is 0 Å². The first-order chi connectivity index (χ1) is 16.6. The number of ketones is 1. The highest BCUT2D eigenvalue weighted by Gasteiger charge is 2.22. The van der Waals surface area contributed by atoms with Crippen LogP contribution < -0.4 is 15.5 Å². The van der Waals surface area contributed by atoms with Gasteiger partial charge in [-0.25, -0.2) is 4.79 Å². The molecule has 2 aromatic rings. The van der Waals surface area contributed by atoms with Crippen LogP contribution in [0.3, 0.4) is 0 Å². The minimum absolute atomic E-state index is 0.281. The summed E-state index contributed by atoms with van der Waals surface area (Å²) in [5.41, 5.74) is 1.52. The average molecular weight is 590 g/mol. The summed E-state index contributed by atoms with van der Waals surface area (Å²) in [6.07, 6.45) is -1.07. The highest BCUT2D eigenvalue weighted by molar-refractivity contribution is 14.1. The van der Waals surface area contributed by atoms with Crippen LogP contribution in [0.1, 0.15) is 43.1 Å². The average Bonchev–Trinajstić information content (AvgIpc) is 2.80. The van der Waals surface area contributed by atoms with Crippen LogP contribution in [-0.2, 0) is 14.3 Å². The first-order valence-corrected chi connectivity index (χ1v) is 12.1. The Morgan fingerprint density at radius 3 is 2.46 bits per heavy atom. The van der Waals surface area contributed by atoms with Crippen LogP contribution in [0.25, 0.3) is 0 Å². The van der Waals surface area contributed by atoms with Gasteiger partial charge in [-0.3, -0.25) is 14.9 Å². The standard InChI is InChI=1S/C25H27IN4O5/c1-25(2,3)35-24(33)29-20-13-21(30-7-9-34-10-8-30)18(26)12-19(20)28-23(32)14-22(31)17-6-4-5-16(11-17)15-27/h4-6,11-13H,7-10,14H2,1-3H3,(H,28,32)(H,29,33). The number of carbonyl (C=O) groups is 3. The largest absolute Gasteiger partial charge is 0.444 e. The zero-order chi connectivity index (χ0) is 25.6. The number of anilines is 3. The van der Waals surface area contributed by atoms with Crippen molar-refractivity contribution in [2.75, 3.05) is 41.8 Å². The maximum atomic E-state index is 12.7. The molecule has 0 atom stereocenters. The fourth-order valence-corrected chi connectivity index (χ4v) is 4.24. The number of nitrogens with zero attached hydrogens (tertiary/aromatic N) is 2. The molecule has 1 aliphatic heterocycles. The monoisotopic (exact) mass is 590 g/mol. The van der Waals surface area contributed by atoms with Gasteiger partial charge in [0.2, 0.25) is 5.91 Å². The minimum atomic E-state index is -0.700. The lowest BCUT2D eigenvalue weighted by atomic mass is 10.1. The Labute approximate surface area is 217 Å². The van der Waals surface area contributed by atoms with E-state index >= 15 is 0 Å². The van der Waals surface area contributed by atoms with Crippen molar-refractivity contribution in [3.63, 3.8) is 0 Å². The highest BCUT2D eigenvalue weighted by atomic mass is 127. The lowest BCUT2D eigenvalue weighted by Crippen LogP contribution is -2.36. The number of hydrogen-bond donors (Lipinski definition) is 2. The summed E-state index contributed by atoms with van der Waals surface area (Å²) in [5.74, 6) is -0.958. The zero-order valence-corrected chi connectivity index (χ0v) is 22.0. The molecule has 2 N–H and O–H groups in total. The van der Waals surface area contributed by atoms with Crippen molar-refractivity contribution in [2.45, 2.75) is 32.8 Å². The molecule has 3 rings (SSSR count). The summed E-state index contributed by atoms with van der Waals surface area (Å²) in [6.45, 7) is 7.87. The summed E-state index contributed by atoms with van der Waals surface area (Å²) >= 11 is 2.17. The molecule has 0 aliphatic carbocycles. The Bertz CT molecular complexity index is 1160. The molecule has 1 saturated heterocycles. The summed E-state index contributed by atoms with van der Waals surface area (Å²) in [4.78, 5) is 40.0. The van der Waals surface area contributed by atoms with Gasteiger partial charge in [-0.1, -0.05) is 12.1 Å². The van der Waals surface area contributed by atoms with Crippen molar-refractivity contribution in [3.05, 3.63) is 51.1 Å². The number of morpholine rings is 1. The van der Waals surface area contributed by atoms with Crippen molar-refractivity contribution in [1.29, 1.82) is 5.26 Å². The fourth-order valence-electron chi connectivity index (χ4n) is 3.43. The third-order valence-electron chi connectivity index (χ3n) is 4.98. The molecule has 0 spiro atoms. The van der Waals surface area contributed by atoms with Crippen LogP contribution in [0.5, 0.6) is 0 Å². The molecule has 1 aliphatic rings. The van der Waals surface area contributed by atoms with Crippen molar-refractivity contribution < 1.29 is 23.9 Å². The molecule has 10 heteroatoms. The van der Waals surface area contributed by atoms with Crippen LogP contribution >= 0.6 is 22.6 Å². The predicted molar refractivity (Wildman–Crippen MR) is 141 cm³/mol.